The first kappa shape index (κ1) is 21.7. The van der Waals surface area contributed by atoms with Gasteiger partial charge in [-0.25, -0.2) is 0 Å². The summed E-state index contributed by atoms with van der Waals surface area (Å²) in [6.45, 7) is 5.51. The number of nitrogens with zero attached hydrogens (tertiary/aromatic N) is 2. The average Bonchev–Trinajstić information content (AvgIpc) is 3.18. The predicted octanol–water partition coefficient (Wildman–Crippen LogP) is 5.18. The summed E-state index contributed by atoms with van der Waals surface area (Å²) in [5.41, 5.74) is 4.53. The second-order valence-corrected chi connectivity index (χ2v) is 9.26. The normalized spacial score (nSPS) is 16.7. The van der Waals surface area contributed by atoms with Crippen molar-refractivity contribution in [2.45, 2.75) is 32.4 Å². The highest BCUT2D eigenvalue weighted by molar-refractivity contribution is 5.98. The van der Waals surface area contributed by atoms with Gasteiger partial charge in [-0.2, -0.15) is 0 Å². The minimum absolute atomic E-state index is 0.208. The standard InChI is InChI=1S/C29H32N2O2/c32-29-27-12-6-4-11-26(27)21-31(29)20-23-14-17-30(18-15-23)19-16-25-10-5-7-13-28(25)33-22-24-8-2-1-3-9-24/h1-13,23H,14-22H2. The summed E-state index contributed by atoms with van der Waals surface area (Å²) in [7, 11) is 0. The largest absolute Gasteiger partial charge is 0.489 e. The number of hydrogen-bond acceptors (Lipinski definition) is 3. The maximum Gasteiger partial charge on any atom is 0.254 e. The van der Waals surface area contributed by atoms with Crippen LogP contribution in [0.25, 0.3) is 0 Å². The molecule has 1 amide bonds. The second-order valence-electron chi connectivity index (χ2n) is 9.26. The Morgan fingerprint density at radius 3 is 2.39 bits per heavy atom. The summed E-state index contributed by atoms with van der Waals surface area (Å²) in [6, 6.07) is 26.8. The zero-order valence-electron chi connectivity index (χ0n) is 19.2. The lowest BCUT2D eigenvalue weighted by molar-refractivity contribution is 0.0714. The van der Waals surface area contributed by atoms with Crippen LogP contribution in [-0.4, -0.2) is 41.9 Å². The summed E-state index contributed by atoms with van der Waals surface area (Å²) in [5, 5.41) is 0. The summed E-state index contributed by atoms with van der Waals surface area (Å²) in [4.78, 5) is 17.3. The van der Waals surface area contributed by atoms with Crippen molar-refractivity contribution in [2.75, 3.05) is 26.2 Å². The maximum absolute atomic E-state index is 12.7. The van der Waals surface area contributed by atoms with Gasteiger partial charge >= 0.3 is 0 Å². The molecule has 0 atom stereocenters. The number of piperidine rings is 1. The number of rotatable bonds is 8. The van der Waals surface area contributed by atoms with Crippen LogP contribution in [0.4, 0.5) is 0 Å². The van der Waals surface area contributed by atoms with Gasteiger partial charge in [0.05, 0.1) is 0 Å². The maximum atomic E-state index is 12.7. The molecular formula is C29H32N2O2. The third kappa shape index (κ3) is 5.28. The lowest BCUT2D eigenvalue weighted by atomic mass is 9.96. The number of benzene rings is 3. The monoisotopic (exact) mass is 440 g/mol. The Morgan fingerprint density at radius 1 is 0.848 bits per heavy atom. The van der Waals surface area contributed by atoms with Crippen LogP contribution < -0.4 is 4.74 Å². The van der Waals surface area contributed by atoms with Gasteiger partial charge in [-0.05, 0) is 67.1 Å². The number of carbonyl (C=O) groups is 1. The summed E-state index contributed by atoms with van der Waals surface area (Å²) in [5.74, 6) is 1.80. The van der Waals surface area contributed by atoms with Crippen molar-refractivity contribution in [3.63, 3.8) is 0 Å². The molecule has 1 saturated heterocycles. The molecule has 4 heteroatoms. The van der Waals surface area contributed by atoms with Gasteiger partial charge in [0, 0.05) is 25.2 Å². The van der Waals surface area contributed by atoms with Crippen LogP contribution in [0.1, 0.15) is 39.9 Å². The number of para-hydroxylation sites is 1. The SMILES string of the molecule is O=C1c2ccccc2CN1CC1CCN(CCc2ccccc2OCc2ccccc2)CC1. The van der Waals surface area contributed by atoms with Gasteiger partial charge in [-0.15, -0.1) is 0 Å². The van der Waals surface area contributed by atoms with E-state index in [0.717, 1.165) is 63.3 Å². The molecular weight excluding hydrogens is 408 g/mol. The Bertz CT molecular complexity index is 1070. The van der Waals surface area contributed by atoms with Crippen LogP contribution in [0, 0.1) is 5.92 Å². The Kier molecular flexibility index (Phi) is 6.73. The third-order valence-electron chi connectivity index (χ3n) is 6.99. The average molecular weight is 441 g/mol. The van der Waals surface area contributed by atoms with Crippen molar-refractivity contribution < 1.29 is 9.53 Å². The first-order valence-corrected chi connectivity index (χ1v) is 12.1. The molecule has 2 aliphatic rings. The van der Waals surface area contributed by atoms with Gasteiger partial charge in [0.2, 0.25) is 0 Å². The van der Waals surface area contributed by atoms with Gasteiger partial charge in [-0.1, -0.05) is 66.7 Å². The molecule has 0 aliphatic carbocycles. The van der Waals surface area contributed by atoms with Crippen LogP contribution in [0.5, 0.6) is 5.75 Å². The zero-order valence-corrected chi connectivity index (χ0v) is 19.2. The number of ether oxygens (including phenoxy) is 1. The van der Waals surface area contributed by atoms with E-state index in [-0.39, 0.29) is 5.91 Å². The van der Waals surface area contributed by atoms with Crippen molar-refractivity contribution >= 4 is 5.91 Å². The molecule has 1 fully saturated rings. The number of likely N-dealkylation sites (tertiary alicyclic amines) is 1. The molecule has 2 heterocycles. The van der Waals surface area contributed by atoms with Gasteiger partial charge in [0.1, 0.15) is 12.4 Å². The lowest BCUT2D eigenvalue weighted by Gasteiger charge is -2.34. The summed E-state index contributed by atoms with van der Waals surface area (Å²) >= 11 is 0. The number of fused-ring (bicyclic) bond motifs is 1. The molecule has 0 radical (unpaired) electrons. The van der Waals surface area contributed by atoms with E-state index in [9.17, 15) is 4.79 Å². The van der Waals surface area contributed by atoms with Crippen LogP contribution in [0.15, 0.2) is 78.9 Å². The van der Waals surface area contributed by atoms with Gasteiger partial charge in [0.15, 0.2) is 0 Å². The fourth-order valence-corrected chi connectivity index (χ4v) is 5.03. The molecule has 4 nitrogen and oxygen atoms in total. The molecule has 0 unspecified atom stereocenters. The molecule has 33 heavy (non-hydrogen) atoms. The fourth-order valence-electron chi connectivity index (χ4n) is 5.03. The van der Waals surface area contributed by atoms with Gasteiger partial charge < -0.3 is 14.5 Å². The van der Waals surface area contributed by atoms with Crippen molar-refractivity contribution in [1.29, 1.82) is 0 Å². The Hall–Kier alpha value is -3.11. The van der Waals surface area contributed by atoms with Crippen LogP contribution in [0.2, 0.25) is 0 Å². The minimum Gasteiger partial charge on any atom is -0.489 e. The van der Waals surface area contributed by atoms with Crippen molar-refractivity contribution in [3.05, 3.63) is 101 Å². The quantitative estimate of drug-likeness (QED) is 0.484. The van der Waals surface area contributed by atoms with Crippen molar-refractivity contribution in [3.8, 4) is 5.75 Å². The van der Waals surface area contributed by atoms with Crippen LogP contribution in [0.3, 0.4) is 0 Å². The molecule has 3 aromatic carbocycles. The minimum atomic E-state index is 0.208. The molecule has 0 bridgehead atoms. The van der Waals surface area contributed by atoms with E-state index in [1.54, 1.807) is 0 Å². The zero-order chi connectivity index (χ0) is 22.5. The smallest absolute Gasteiger partial charge is 0.254 e. The highest BCUT2D eigenvalue weighted by Gasteiger charge is 2.30. The van der Waals surface area contributed by atoms with E-state index in [1.165, 1.54) is 16.7 Å². The highest BCUT2D eigenvalue weighted by atomic mass is 16.5. The lowest BCUT2D eigenvalue weighted by Crippen LogP contribution is -2.39. The summed E-state index contributed by atoms with van der Waals surface area (Å²) in [6.07, 6.45) is 3.31. The number of hydrogen-bond donors (Lipinski definition) is 0. The Morgan fingerprint density at radius 2 is 1.58 bits per heavy atom. The number of amides is 1. The van der Waals surface area contributed by atoms with E-state index in [2.05, 4.69) is 41.3 Å². The van der Waals surface area contributed by atoms with Crippen molar-refractivity contribution in [2.24, 2.45) is 5.92 Å². The molecule has 5 rings (SSSR count). The highest BCUT2D eigenvalue weighted by Crippen LogP contribution is 2.27. The first-order chi connectivity index (χ1) is 16.3. The molecule has 170 valence electrons. The fraction of sp³-hybridized carbons (Fsp3) is 0.345. The first-order valence-electron chi connectivity index (χ1n) is 12.1. The predicted molar refractivity (Wildman–Crippen MR) is 131 cm³/mol. The van der Waals surface area contributed by atoms with E-state index in [1.807, 2.05) is 47.4 Å². The molecule has 2 aliphatic heterocycles. The molecule has 0 spiro atoms. The summed E-state index contributed by atoms with van der Waals surface area (Å²) < 4.78 is 6.14. The van der Waals surface area contributed by atoms with Crippen molar-refractivity contribution in [1.82, 2.24) is 9.80 Å². The number of carbonyl (C=O) groups excluding carboxylic acids is 1. The molecule has 0 N–H and O–H groups in total. The molecule has 0 aromatic heterocycles. The molecule has 3 aromatic rings. The second kappa shape index (κ2) is 10.2. The Balaban J connectivity index is 1.08. The van der Waals surface area contributed by atoms with Crippen LogP contribution in [-0.2, 0) is 19.6 Å². The van der Waals surface area contributed by atoms with Gasteiger partial charge in [0.25, 0.3) is 5.91 Å². The van der Waals surface area contributed by atoms with E-state index < -0.39 is 0 Å². The topological polar surface area (TPSA) is 32.8 Å². The van der Waals surface area contributed by atoms with E-state index in [0.29, 0.717) is 12.5 Å². The van der Waals surface area contributed by atoms with Gasteiger partial charge in [-0.3, -0.25) is 4.79 Å². The van der Waals surface area contributed by atoms with E-state index in [4.69, 9.17) is 4.74 Å². The van der Waals surface area contributed by atoms with E-state index >= 15 is 0 Å². The molecule has 0 saturated carbocycles. The third-order valence-corrected chi connectivity index (χ3v) is 6.99. The Labute approximate surface area is 196 Å². The van der Waals surface area contributed by atoms with Crippen LogP contribution >= 0.6 is 0 Å².